The van der Waals surface area contributed by atoms with E-state index in [0.29, 0.717) is 17.3 Å². The second-order valence-electron chi connectivity index (χ2n) is 3.04. The van der Waals surface area contributed by atoms with Crippen LogP contribution in [0.25, 0.3) is 6.08 Å². The van der Waals surface area contributed by atoms with Crippen molar-refractivity contribution in [1.29, 1.82) is 0 Å². The van der Waals surface area contributed by atoms with Gasteiger partial charge in [0.05, 0.1) is 6.26 Å². The summed E-state index contributed by atoms with van der Waals surface area (Å²) in [4.78, 5) is 11.4. The van der Waals surface area contributed by atoms with Crippen molar-refractivity contribution in [3.8, 4) is 0 Å². The summed E-state index contributed by atoms with van der Waals surface area (Å²) in [6.07, 6.45) is 4.43. The van der Waals surface area contributed by atoms with E-state index in [9.17, 15) is 4.79 Å². The van der Waals surface area contributed by atoms with Crippen molar-refractivity contribution in [2.24, 2.45) is 0 Å². The monoisotopic (exact) mass is 219 g/mol. The van der Waals surface area contributed by atoms with E-state index in [1.807, 2.05) is 0 Å². The lowest BCUT2D eigenvalue weighted by atomic mass is 10.4. The standard InChI is InChI=1S/C10H9N3O3/c1-7-10(13-16-12-7)11-9(14)5-4-8-3-2-6-15-8/h2-6H,1H3,(H,11,13,14)/b5-4+. The number of hydrogen-bond acceptors (Lipinski definition) is 5. The smallest absolute Gasteiger partial charge is 0.249 e. The van der Waals surface area contributed by atoms with Gasteiger partial charge in [-0.05, 0) is 30.3 Å². The van der Waals surface area contributed by atoms with Crippen LogP contribution in [0.15, 0.2) is 33.5 Å². The highest BCUT2D eigenvalue weighted by molar-refractivity contribution is 6.01. The summed E-state index contributed by atoms with van der Waals surface area (Å²) >= 11 is 0. The SMILES string of the molecule is Cc1nonc1NC(=O)/C=C/c1ccco1. The molecule has 6 heteroatoms. The summed E-state index contributed by atoms with van der Waals surface area (Å²) in [5.74, 6) is 0.592. The van der Waals surface area contributed by atoms with Crippen molar-refractivity contribution in [3.05, 3.63) is 35.9 Å². The predicted molar refractivity (Wildman–Crippen MR) is 55.4 cm³/mol. The average Bonchev–Trinajstić information content (AvgIpc) is 2.88. The van der Waals surface area contributed by atoms with Gasteiger partial charge in [0.15, 0.2) is 0 Å². The zero-order chi connectivity index (χ0) is 11.4. The maximum absolute atomic E-state index is 11.4. The van der Waals surface area contributed by atoms with Gasteiger partial charge in [0.1, 0.15) is 11.5 Å². The van der Waals surface area contributed by atoms with Crippen molar-refractivity contribution in [1.82, 2.24) is 10.3 Å². The Bertz CT molecular complexity index is 499. The first kappa shape index (κ1) is 10.2. The molecular formula is C10H9N3O3. The minimum atomic E-state index is -0.324. The maximum Gasteiger partial charge on any atom is 0.249 e. The number of hydrogen-bond donors (Lipinski definition) is 1. The molecule has 0 aliphatic heterocycles. The lowest BCUT2D eigenvalue weighted by Crippen LogP contribution is -2.08. The van der Waals surface area contributed by atoms with Crippen LogP contribution in [0.3, 0.4) is 0 Å². The summed E-state index contributed by atoms with van der Waals surface area (Å²) < 4.78 is 9.47. The maximum atomic E-state index is 11.4. The fourth-order valence-corrected chi connectivity index (χ4v) is 1.05. The third kappa shape index (κ3) is 2.35. The zero-order valence-corrected chi connectivity index (χ0v) is 8.51. The van der Waals surface area contributed by atoms with Gasteiger partial charge in [-0.1, -0.05) is 5.16 Å². The van der Waals surface area contributed by atoms with Gasteiger partial charge in [0.2, 0.25) is 11.7 Å². The van der Waals surface area contributed by atoms with Crippen LogP contribution >= 0.6 is 0 Å². The second-order valence-corrected chi connectivity index (χ2v) is 3.04. The molecule has 0 aliphatic rings. The molecule has 0 fully saturated rings. The normalized spacial score (nSPS) is 10.8. The largest absolute Gasteiger partial charge is 0.465 e. The molecule has 1 amide bonds. The van der Waals surface area contributed by atoms with E-state index >= 15 is 0 Å². The minimum absolute atomic E-state index is 0.314. The molecule has 0 saturated heterocycles. The average molecular weight is 219 g/mol. The van der Waals surface area contributed by atoms with Crippen LogP contribution in [0.2, 0.25) is 0 Å². The van der Waals surface area contributed by atoms with Crippen molar-refractivity contribution >= 4 is 17.8 Å². The fourth-order valence-electron chi connectivity index (χ4n) is 1.05. The molecule has 2 aromatic heterocycles. The Hall–Kier alpha value is -2.37. The van der Waals surface area contributed by atoms with E-state index in [0.717, 1.165) is 0 Å². The Kier molecular flexibility index (Phi) is 2.81. The Balaban J connectivity index is 1.97. The summed E-state index contributed by atoms with van der Waals surface area (Å²) in [6, 6.07) is 3.48. The van der Waals surface area contributed by atoms with E-state index in [4.69, 9.17) is 4.42 Å². The summed E-state index contributed by atoms with van der Waals surface area (Å²) in [5.41, 5.74) is 0.528. The number of amides is 1. The van der Waals surface area contributed by atoms with Crippen LogP contribution in [0, 0.1) is 6.92 Å². The summed E-state index contributed by atoms with van der Waals surface area (Å²) in [5, 5.41) is 9.58. The summed E-state index contributed by atoms with van der Waals surface area (Å²) in [7, 11) is 0. The number of aryl methyl sites for hydroxylation is 1. The Morgan fingerprint density at radius 1 is 1.50 bits per heavy atom. The fraction of sp³-hybridized carbons (Fsp3) is 0.100. The van der Waals surface area contributed by atoms with Gasteiger partial charge >= 0.3 is 0 Å². The number of rotatable bonds is 3. The lowest BCUT2D eigenvalue weighted by molar-refractivity contribution is -0.111. The molecule has 0 saturated carbocycles. The molecule has 6 nitrogen and oxygen atoms in total. The quantitative estimate of drug-likeness (QED) is 0.793. The number of nitrogens with one attached hydrogen (secondary N) is 1. The topological polar surface area (TPSA) is 81.2 Å². The van der Waals surface area contributed by atoms with Crippen LogP contribution < -0.4 is 5.32 Å². The van der Waals surface area contributed by atoms with E-state index in [-0.39, 0.29) is 5.91 Å². The minimum Gasteiger partial charge on any atom is -0.465 e. The van der Waals surface area contributed by atoms with Crippen LogP contribution in [0.5, 0.6) is 0 Å². The number of aromatic nitrogens is 2. The molecule has 0 radical (unpaired) electrons. The van der Waals surface area contributed by atoms with Crippen molar-refractivity contribution < 1.29 is 13.8 Å². The number of furan rings is 1. The zero-order valence-electron chi connectivity index (χ0n) is 8.51. The third-order valence-electron chi connectivity index (χ3n) is 1.84. The van der Waals surface area contributed by atoms with E-state index in [1.54, 1.807) is 25.1 Å². The molecule has 0 aliphatic carbocycles. The van der Waals surface area contributed by atoms with Gasteiger partial charge in [-0.3, -0.25) is 4.79 Å². The van der Waals surface area contributed by atoms with Gasteiger partial charge in [-0.2, -0.15) is 0 Å². The number of carbonyl (C=O) groups is 1. The molecule has 0 spiro atoms. The molecule has 2 heterocycles. The van der Waals surface area contributed by atoms with Crippen molar-refractivity contribution in [3.63, 3.8) is 0 Å². The molecule has 2 rings (SSSR count). The Labute approximate surface area is 90.9 Å². The molecular weight excluding hydrogens is 210 g/mol. The van der Waals surface area contributed by atoms with Crippen molar-refractivity contribution in [2.45, 2.75) is 6.92 Å². The van der Waals surface area contributed by atoms with E-state index in [1.165, 1.54) is 12.3 Å². The lowest BCUT2D eigenvalue weighted by Gasteiger charge is -1.94. The molecule has 0 atom stereocenters. The molecule has 1 N–H and O–H groups in total. The highest BCUT2D eigenvalue weighted by Gasteiger charge is 2.06. The third-order valence-corrected chi connectivity index (χ3v) is 1.84. The van der Waals surface area contributed by atoms with Crippen LogP contribution in [0.1, 0.15) is 11.5 Å². The molecule has 0 bridgehead atoms. The van der Waals surface area contributed by atoms with Gasteiger partial charge in [0, 0.05) is 6.08 Å². The Morgan fingerprint density at radius 3 is 3.00 bits per heavy atom. The van der Waals surface area contributed by atoms with E-state index in [2.05, 4.69) is 20.3 Å². The molecule has 16 heavy (non-hydrogen) atoms. The number of nitrogens with zero attached hydrogens (tertiary/aromatic N) is 2. The van der Waals surface area contributed by atoms with Crippen LogP contribution in [0.4, 0.5) is 5.82 Å². The highest BCUT2D eigenvalue weighted by atomic mass is 16.6. The Morgan fingerprint density at radius 2 is 2.38 bits per heavy atom. The van der Waals surface area contributed by atoms with Crippen LogP contribution in [-0.4, -0.2) is 16.2 Å². The highest BCUT2D eigenvalue weighted by Crippen LogP contribution is 2.07. The molecule has 2 aromatic rings. The van der Waals surface area contributed by atoms with Gasteiger partial charge in [-0.25, -0.2) is 4.63 Å². The second kappa shape index (κ2) is 4.43. The van der Waals surface area contributed by atoms with Gasteiger partial charge < -0.3 is 9.73 Å². The molecule has 82 valence electrons. The predicted octanol–water partition coefficient (Wildman–Crippen LogP) is 1.62. The first-order valence-electron chi connectivity index (χ1n) is 4.57. The number of carbonyl (C=O) groups excluding carboxylic acids is 1. The molecule has 0 aromatic carbocycles. The van der Waals surface area contributed by atoms with Crippen molar-refractivity contribution in [2.75, 3.05) is 5.32 Å². The van der Waals surface area contributed by atoms with E-state index < -0.39 is 0 Å². The van der Waals surface area contributed by atoms with Gasteiger partial charge in [-0.15, -0.1) is 0 Å². The van der Waals surface area contributed by atoms with Crippen LogP contribution in [-0.2, 0) is 4.79 Å². The first-order valence-corrected chi connectivity index (χ1v) is 4.57. The summed E-state index contributed by atoms with van der Waals surface area (Å²) in [6.45, 7) is 1.68. The first-order chi connectivity index (χ1) is 7.75. The van der Waals surface area contributed by atoms with Gasteiger partial charge in [0.25, 0.3) is 0 Å². The molecule has 0 unspecified atom stereocenters. The number of anilines is 1.